The maximum Gasteiger partial charge on any atom is 0.335 e. The molecule has 0 aromatic heterocycles. The molecular weight excluding hydrogens is 552 g/mol. The van der Waals surface area contributed by atoms with Gasteiger partial charge in [0.05, 0.1) is 0 Å². The Bertz CT molecular complexity index is 1890. The number of hydrogen-bond acceptors (Lipinski definition) is 6. The summed E-state index contributed by atoms with van der Waals surface area (Å²) < 4.78 is 18.0. The number of esters is 1. The number of ether oxygens (including phenoxy) is 3. The molecule has 0 saturated heterocycles. The van der Waals surface area contributed by atoms with Gasteiger partial charge >= 0.3 is 5.97 Å². The van der Waals surface area contributed by atoms with E-state index in [9.17, 15) is 4.79 Å². The summed E-state index contributed by atoms with van der Waals surface area (Å²) in [4.78, 5) is 23.0. The molecular formula is C38H28O6. The van der Waals surface area contributed by atoms with Gasteiger partial charge in [0.2, 0.25) is 0 Å². The van der Waals surface area contributed by atoms with Gasteiger partial charge in [0.15, 0.2) is 11.9 Å². The SMILES string of the molecule is C=CC(=O)Oc1ccc(-c2ccc(OOC3COc4ccc5ccccc5c4-c4c(ccc5ccccc45)OC3)cc2)cc1. The molecule has 0 atom stereocenters. The van der Waals surface area contributed by atoms with E-state index in [0.29, 0.717) is 11.5 Å². The Morgan fingerprint density at radius 3 is 1.66 bits per heavy atom. The highest BCUT2D eigenvalue weighted by Crippen LogP contribution is 2.46. The van der Waals surface area contributed by atoms with Gasteiger partial charge in [-0.1, -0.05) is 91.5 Å². The number of fused-ring (bicyclic) bond motifs is 7. The van der Waals surface area contributed by atoms with Crippen LogP contribution < -0.4 is 19.1 Å². The Kier molecular flexibility index (Phi) is 7.41. The van der Waals surface area contributed by atoms with Crippen molar-refractivity contribution in [3.8, 4) is 45.3 Å². The molecule has 0 saturated carbocycles. The lowest BCUT2D eigenvalue weighted by atomic mass is 9.92. The molecule has 0 radical (unpaired) electrons. The fourth-order valence-corrected chi connectivity index (χ4v) is 5.43. The van der Waals surface area contributed by atoms with Gasteiger partial charge in [0, 0.05) is 17.2 Å². The predicted octanol–water partition coefficient (Wildman–Crippen LogP) is 8.57. The second kappa shape index (κ2) is 12.0. The van der Waals surface area contributed by atoms with Crippen molar-refractivity contribution in [1.82, 2.24) is 0 Å². The van der Waals surface area contributed by atoms with E-state index >= 15 is 0 Å². The molecule has 0 spiro atoms. The molecule has 6 heteroatoms. The number of carbonyl (C=O) groups is 1. The molecule has 216 valence electrons. The molecule has 0 N–H and O–H groups in total. The lowest BCUT2D eigenvalue weighted by Gasteiger charge is -2.17. The Morgan fingerprint density at radius 2 is 1.14 bits per heavy atom. The van der Waals surface area contributed by atoms with Crippen LogP contribution in [-0.4, -0.2) is 25.3 Å². The van der Waals surface area contributed by atoms with Crippen molar-refractivity contribution in [3.63, 3.8) is 0 Å². The molecule has 0 fully saturated rings. The van der Waals surface area contributed by atoms with Gasteiger partial charge in [0.1, 0.15) is 30.5 Å². The molecule has 6 aromatic carbocycles. The van der Waals surface area contributed by atoms with Crippen LogP contribution in [0.5, 0.6) is 23.0 Å². The molecule has 44 heavy (non-hydrogen) atoms. The first-order chi connectivity index (χ1) is 21.7. The minimum Gasteiger partial charge on any atom is -0.490 e. The third-order valence-electron chi connectivity index (χ3n) is 7.59. The molecule has 0 aliphatic carbocycles. The third-order valence-corrected chi connectivity index (χ3v) is 7.59. The van der Waals surface area contributed by atoms with Gasteiger partial charge in [-0.05, 0) is 69.1 Å². The third kappa shape index (κ3) is 5.46. The van der Waals surface area contributed by atoms with E-state index in [-0.39, 0.29) is 13.2 Å². The van der Waals surface area contributed by atoms with Crippen LogP contribution >= 0.6 is 0 Å². The summed E-state index contributed by atoms with van der Waals surface area (Å²) >= 11 is 0. The summed E-state index contributed by atoms with van der Waals surface area (Å²) in [7, 11) is 0. The number of rotatable bonds is 6. The van der Waals surface area contributed by atoms with Crippen LogP contribution in [0.15, 0.2) is 134 Å². The molecule has 0 bridgehead atoms. The van der Waals surface area contributed by atoms with Crippen molar-refractivity contribution in [2.75, 3.05) is 13.2 Å². The van der Waals surface area contributed by atoms with Crippen LogP contribution in [0, 0.1) is 0 Å². The number of carbonyl (C=O) groups excluding carboxylic acids is 1. The molecule has 6 aromatic rings. The summed E-state index contributed by atoms with van der Waals surface area (Å²) in [6.07, 6.45) is 0.629. The van der Waals surface area contributed by atoms with Crippen molar-refractivity contribution < 1.29 is 28.8 Å². The number of hydrogen-bond donors (Lipinski definition) is 0. The molecule has 7 rings (SSSR count). The smallest absolute Gasteiger partial charge is 0.335 e. The zero-order valence-electron chi connectivity index (χ0n) is 23.8. The molecule has 1 heterocycles. The molecule has 1 aliphatic rings. The minimum atomic E-state index is -0.503. The van der Waals surface area contributed by atoms with Crippen LogP contribution in [-0.2, 0) is 9.68 Å². The highest BCUT2D eigenvalue weighted by atomic mass is 17.2. The van der Waals surface area contributed by atoms with E-state index in [1.165, 1.54) is 0 Å². The Balaban J connectivity index is 1.12. The first-order valence-electron chi connectivity index (χ1n) is 14.3. The van der Waals surface area contributed by atoms with Gasteiger partial charge in [-0.2, -0.15) is 4.89 Å². The van der Waals surface area contributed by atoms with Crippen molar-refractivity contribution in [1.29, 1.82) is 0 Å². The second-order valence-corrected chi connectivity index (χ2v) is 10.4. The van der Waals surface area contributed by atoms with Gasteiger partial charge in [-0.25, -0.2) is 4.79 Å². The highest BCUT2D eigenvalue weighted by molar-refractivity contribution is 6.09. The maximum atomic E-state index is 11.4. The van der Waals surface area contributed by atoms with E-state index in [2.05, 4.69) is 43.0 Å². The van der Waals surface area contributed by atoms with Crippen LogP contribution in [0.1, 0.15) is 0 Å². The standard InChI is InChI=1S/C38H28O6/c1-2-36(39)42-29-17-11-25(12-18-29)26-13-19-30(20-14-26)43-44-31-23-40-34-21-15-27-7-3-5-9-32(27)37(34)38-33-10-6-4-8-28(33)16-22-35(38)41-24-31/h2-22,31H,1,23-24H2. The zero-order chi connectivity index (χ0) is 29.9. The predicted molar refractivity (Wildman–Crippen MR) is 171 cm³/mol. The van der Waals surface area contributed by atoms with Gasteiger partial charge in [-0.3, -0.25) is 0 Å². The van der Waals surface area contributed by atoms with Crippen LogP contribution in [0.25, 0.3) is 43.8 Å². The Labute approximate surface area is 254 Å². The highest BCUT2D eigenvalue weighted by Gasteiger charge is 2.24. The lowest BCUT2D eigenvalue weighted by Crippen LogP contribution is -2.29. The molecule has 6 nitrogen and oxygen atoms in total. The summed E-state index contributed by atoms with van der Waals surface area (Å²) in [5.74, 6) is 2.02. The fraction of sp³-hybridized carbons (Fsp3) is 0.0789. The summed E-state index contributed by atoms with van der Waals surface area (Å²) in [5, 5.41) is 4.43. The first-order valence-corrected chi connectivity index (χ1v) is 14.3. The van der Waals surface area contributed by atoms with Crippen molar-refractivity contribution in [2.45, 2.75) is 6.10 Å². The average molecular weight is 581 g/mol. The maximum absolute atomic E-state index is 11.4. The normalized spacial score (nSPS) is 12.9. The van der Waals surface area contributed by atoms with Crippen LogP contribution in [0.2, 0.25) is 0 Å². The van der Waals surface area contributed by atoms with E-state index in [0.717, 1.165) is 61.4 Å². The fourth-order valence-electron chi connectivity index (χ4n) is 5.43. The molecule has 0 unspecified atom stereocenters. The summed E-state index contributed by atoms with van der Waals surface area (Å²) in [6.45, 7) is 3.88. The van der Waals surface area contributed by atoms with E-state index < -0.39 is 12.1 Å². The van der Waals surface area contributed by atoms with E-state index in [1.54, 1.807) is 12.1 Å². The van der Waals surface area contributed by atoms with E-state index in [4.69, 9.17) is 24.0 Å². The van der Waals surface area contributed by atoms with E-state index in [1.807, 2.05) is 72.8 Å². The molecule has 1 aliphatic heterocycles. The summed E-state index contributed by atoms with van der Waals surface area (Å²) in [5.41, 5.74) is 3.94. The van der Waals surface area contributed by atoms with Gasteiger partial charge in [0.25, 0.3) is 0 Å². The monoisotopic (exact) mass is 580 g/mol. The minimum absolute atomic E-state index is 0.234. The molecule has 0 amide bonds. The summed E-state index contributed by atoms with van der Waals surface area (Å²) in [6, 6.07) is 39.6. The van der Waals surface area contributed by atoms with Crippen LogP contribution in [0.4, 0.5) is 0 Å². The number of benzene rings is 6. The van der Waals surface area contributed by atoms with Crippen molar-refractivity contribution >= 4 is 27.5 Å². The van der Waals surface area contributed by atoms with Crippen molar-refractivity contribution in [3.05, 3.63) is 134 Å². The largest absolute Gasteiger partial charge is 0.490 e. The van der Waals surface area contributed by atoms with Gasteiger partial charge < -0.3 is 19.1 Å². The van der Waals surface area contributed by atoms with Gasteiger partial charge in [-0.15, -0.1) is 0 Å². The Hall–Kier alpha value is -5.59. The average Bonchev–Trinajstić information content (AvgIpc) is 3.15. The zero-order valence-corrected chi connectivity index (χ0v) is 23.8. The Morgan fingerprint density at radius 1 is 0.636 bits per heavy atom. The van der Waals surface area contributed by atoms with Crippen LogP contribution in [0.3, 0.4) is 0 Å². The lowest BCUT2D eigenvalue weighted by molar-refractivity contribution is -0.255. The topological polar surface area (TPSA) is 63.2 Å². The second-order valence-electron chi connectivity index (χ2n) is 10.4. The quantitative estimate of drug-likeness (QED) is 0.0647. The first kappa shape index (κ1) is 27.3. The van der Waals surface area contributed by atoms with Crippen molar-refractivity contribution in [2.24, 2.45) is 0 Å².